The van der Waals surface area contributed by atoms with Crippen LogP contribution in [0.2, 0.25) is 5.02 Å². The average Bonchev–Trinajstić information content (AvgIpc) is 2.93. The predicted octanol–water partition coefficient (Wildman–Crippen LogP) is 2.64. The first kappa shape index (κ1) is 9.97. The molecule has 1 N–H and O–H groups in total. The van der Waals surface area contributed by atoms with Crippen LogP contribution in [0.4, 0.5) is 5.69 Å². The molecule has 4 heteroatoms. The molecule has 0 bridgehead atoms. The summed E-state index contributed by atoms with van der Waals surface area (Å²) < 4.78 is 0. The lowest BCUT2D eigenvalue weighted by Gasteiger charge is -2.42. The second-order valence-corrected chi connectivity index (χ2v) is 5.20. The molecule has 3 nitrogen and oxygen atoms in total. The third-order valence-electron chi connectivity index (χ3n) is 3.56. The maximum Gasteiger partial charge on any atom is 0.339 e. The molecule has 1 spiro atoms. The second-order valence-electron chi connectivity index (χ2n) is 4.80. The Hall–Kier alpha value is -1.22. The van der Waals surface area contributed by atoms with Crippen molar-refractivity contribution in [3.8, 4) is 0 Å². The van der Waals surface area contributed by atoms with Crippen molar-refractivity contribution in [1.82, 2.24) is 0 Å². The van der Waals surface area contributed by atoms with Gasteiger partial charge in [0.2, 0.25) is 0 Å². The number of nitrogens with zero attached hydrogens (tertiary/aromatic N) is 1. The Bertz CT molecular complexity index is 460. The maximum atomic E-state index is 11.2. The highest BCUT2D eigenvalue weighted by Gasteiger charge is 2.52. The number of hydrogen-bond acceptors (Lipinski definition) is 2. The van der Waals surface area contributed by atoms with E-state index in [0.29, 0.717) is 10.4 Å². The number of benzene rings is 1. The van der Waals surface area contributed by atoms with E-state index in [9.17, 15) is 4.79 Å². The molecule has 0 amide bonds. The van der Waals surface area contributed by atoms with E-state index < -0.39 is 5.97 Å². The lowest BCUT2D eigenvalue weighted by Crippen LogP contribution is -2.49. The lowest BCUT2D eigenvalue weighted by atomic mass is 9.95. The molecule has 1 saturated carbocycles. The van der Waals surface area contributed by atoms with Crippen molar-refractivity contribution in [1.29, 1.82) is 0 Å². The molecule has 0 radical (unpaired) electrons. The summed E-state index contributed by atoms with van der Waals surface area (Å²) in [5.74, 6) is -0.947. The van der Waals surface area contributed by atoms with E-state index in [1.165, 1.54) is 12.8 Å². The summed E-state index contributed by atoms with van der Waals surface area (Å²) in [6.45, 7) is 1.96. The third-order valence-corrected chi connectivity index (χ3v) is 3.87. The number of anilines is 1. The van der Waals surface area contributed by atoms with Crippen LogP contribution >= 0.6 is 11.6 Å². The Kier molecular flexibility index (Phi) is 1.96. The van der Waals surface area contributed by atoms with E-state index in [-0.39, 0.29) is 5.56 Å². The van der Waals surface area contributed by atoms with Crippen LogP contribution in [-0.4, -0.2) is 24.2 Å². The van der Waals surface area contributed by atoms with Crippen molar-refractivity contribution in [3.05, 3.63) is 28.8 Å². The summed E-state index contributed by atoms with van der Waals surface area (Å²) in [6, 6.07) is 5.27. The molecule has 0 aromatic heterocycles. The number of carbonyl (C=O) groups is 1. The van der Waals surface area contributed by atoms with Crippen molar-refractivity contribution < 1.29 is 9.90 Å². The summed E-state index contributed by atoms with van der Waals surface area (Å²) in [6.07, 6.45) is 2.57. The quantitative estimate of drug-likeness (QED) is 0.860. The van der Waals surface area contributed by atoms with Gasteiger partial charge in [0.1, 0.15) is 5.56 Å². The van der Waals surface area contributed by atoms with Crippen molar-refractivity contribution in [3.63, 3.8) is 0 Å². The van der Waals surface area contributed by atoms with E-state index in [2.05, 4.69) is 4.90 Å². The summed E-state index contributed by atoms with van der Waals surface area (Å²) in [5, 5.41) is 9.47. The molecular weight excluding hydrogens is 226 g/mol. The van der Waals surface area contributed by atoms with Crippen molar-refractivity contribution in [2.24, 2.45) is 5.41 Å². The molecule has 1 aromatic carbocycles. The number of hydrogen-bond donors (Lipinski definition) is 1. The van der Waals surface area contributed by atoms with Crippen molar-refractivity contribution in [2.45, 2.75) is 12.8 Å². The molecule has 16 heavy (non-hydrogen) atoms. The fraction of sp³-hybridized carbons (Fsp3) is 0.417. The van der Waals surface area contributed by atoms with E-state index in [0.717, 1.165) is 18.8 Å². The predicted molar refractivity (Wildman–Crippen MR) is 62.3 cm³/mol. The number of rotatable bonds is 2. The molecule has 1 saturated heterocycles. The zero-order valence-corrected chi connectivity index (χ0v) is 9.50. The maximum absolute atomic E-state index is 11.2. The van der Waals surface area contributed by atoms with Gasteiger partial charge in [-0.1, -0.05) is 17.7 Å². The molecular formula is C12H12ClNO2. The van der Waals surface area contributed by atoms with Crippen LogP contribution in [-0.2, 0) is 0 Å². The molecule has 1 aliphatic heterocycles. The van der Waals surface area contributed by atoms with Crippen molar-refractivity contribution >= 4 is 23.3 Å². The van der Waals surface area contributed by atoms with Gasteiger partial charge < -0.3 is 10.0 Å². The van der Waals surface area contributed by atoms with E-state index in [1.54, 1.807) is 6.07 Å². The standard InChI is InChI=1S/C12H12ClNO2/c13-8-2-1-3-9(10(8)11(15)16)14-6-12(7-14)4-5-12/h1-3H,4-7H2,(H,15,16). The Morgan fingerprint density at radius 2 is 2.06 bits per heavy atom. The van der Waals surface area contributed by atoms with Gasteiger partial charge in [-0.25, -0.2) is 4.79 Å². The van der Waals surface area contributed by atoms with Gasteiger partial charge in [-0.15, -0.1) is 0 Å². The normalized spacial score (nSPS) is 20.7. The van der Waals surface area contributed by atoms with Crippen LogP contribution in [0.25, 0.3) is 0 Å². The minimum atomic E-state index is -0.947. The first-order valence-corrected chi connectivity index (χ1v) is 5.76. The van der Waals surface area contributed by atoms with Gasteiger partial charge in [0, 0.05) is 18.5 Å². The zero-order chi connectivity index (χ0) is 11.3. The van der Waals surface area contributed by atoms with Crippen molar-refractivity contribution in [2.75, 3.05) is 18.0 Å². The first-order valence-electron chi connectivity index (χ1n) is 5.38. The summed E-state index contributed by atoms with van der Waals surface area (Å²) in [5.41, 5.74) is 1.51. The SMILES string of the molecule is O=C(O)c1c(Cl)cccc1N1CC2(CC2)C1. The Morgan fingerprint density at radius 1 is 1.38 bits per heavy atom. The molecule has 1 aliphatic carbocycles. The Labute approximate surface area is 98.6 Å². The van der Waals surface area contributed by atoms with E-state index in [1.807, 2.05) is 12.1 Å². The highest BCUT2D eigenvalue weighted by atomic mass is 35.5. The molecule has 2 fully saturated rings. The largest absolute Gasteiger partial charge is 0.478 e. The topological polar surface area (TPSA) is 40.5 Å². The number of carboxylic acids is 1. The van der Waals surface area contributed by atoms with Gasteiger partial charge in [0.25, 0.3) is 0 Å². The van der Waals surface area contributed by atoms with E-state index >= 15 is 0 Å². The molecule has 3 rings (SSSR count). The molecule has 1 heterocycles. The fourth-order valence-electron chi connectivity index (χ4n) is 2.41. The second kappa shape index (κ2) is 3.14. The highest BCUT2D eigenvalue weighted by Crippen LogP contribution is 2.54. The fourth-order valence-corrected chi connectivity index (χ4v) is 2.67. The monoisotopic (exact) mass is 237 g/mol. The molecule has 0 unspecified atom stereocenters. The zero-order valence-electron chi connectivity index (χ0n) is 8.74. The first-order chi connectivity index (χ1) is 7.61. The minimum absolute atomic E-state index is 0.236. The summed E-state index contributed by atoms with van der Waals surface area (Å²) in [7, 11) is 0. The summed E-state index contributed by atoms with van der Waals surface area (Å²) >= 11 is 5.93. The van der Waals surface area contributed by atoms with Gasteiger partial charge in [0.15, 0.2) is 0 Å². The Balaban J connectivity index is 1.94. The van der Waals surface area contributed by atoms with Gasteiger partial charge >= 0.3 is 5.97 Å². The highest BCUT2D eigenvalue weighted by molar-refractivity contribution is 6.34. The Morgan fingerprint density at radius 3 is 2.62 bits per heavy atom. The minimum Gasteiger partial charge on any atom is -0.478 e. The molecule has 0 atom stereocenters. The van der Waals surface area contributed by atoms with Gasteiger partial charge in [-0.3, -0.25) is 0 Å². The molecule has 1 aromatic rings. The van der Waals surface area contributed by atoms with Crippen LogP contribution in [0, 0.1) is 5.41 Å². The van der Waals surface area contributed by atoms with Gasteiger partial charge in [-0.05, 0) is 25.0 Å². The smallest absolute Gasteiger partial charge is 0.339 e. The van der Waals surface area contributed by atoms with E-state index in [4.69, 9.17) is 16.7 Å². The molecule has 84 valence electrons. The average molecular weight is 238 g/mol. The number of carboxylic acid groups (broad SMARTS) is 1. The van der Waals surface area contributed by atoms with Crippen LogP contribution < -0.4 is 4.90 Å². The third kappa shape index (κ3) is 1.39. The molecule has 2 aliphatic rings. The lowest BCUT2D eigenvalue weighted by molar-refractivity contribution is 0.0697. The van der Waals surface area contributed by atoms with Crippen LogP contribution in [0.15, 0.2) is 18.2 Å². The van der Waals surface area contributed by atoms with Crippen LogP contribution in [0.5, 0.6) is 0 Å². The van der Waals surface area contributed by atoms with Gasteiger partial charge in [-0.2, -0.15) is 0 Å². The van der Waals surface area contributed by atoms with Crippen LogP contribution in [0.3, 0.4) is 0 Å². The number of aromatic carboxylic acids is 1. The van der Waals surface area contributed by atoms with Gasteiger partial charge in [0.05, 0.1) is 10.7 Å². The number of halogens is 1. The summed E-state index contributed by atoms with van der Waals surface area (Å²) in [4.78, 5) is 13.3. The van der Waals surface area contributed by atoms with Crippen LogP contribution in [0.1, 0.15) is 23.2 Å².